The Morgan fingerprint density at radius 1 is 1.21 bits per heavy atom. The van der Waals surface area contributed by atoms with Crippen molar-refractivity contribution in [3.63, 3.8) is 0 Å². The molecule has 0 aliphatic heterocycles. The molecule has 0 heterocycles. The molecule has 0 unspecified atom stereocenters. The van der Waals surface area contributed by atoms with E-state index >= 15 is 0 Å². The molecule has 0 aliphatic carbocycles. The average molecular weight is 266 g/mol. The molecule has 0 aromatic heterocycles. The summed E-state index contributed by atoms with van der Waals surface area (Å²) in [5.74, 6) is 0.395. The molecule has 1 aromatic carbocycles. The molecule has 1 rings (SSSR count). The van der Waals surface area contributed by atoms with Gasteiger partial charge in [-0.15, -0.1) is 0 Å². The van der Waals surface area contributed by atoms with E-state index in [1.54, 1.807) is 32.0 Å². The molecule has 1 aromatic rings. The number of hydrogen-bond acceptors (Lipinski definition) is 5. The summed E-state index contributed by atoms with van der Waals surface area (Å²) in [6.45, 7) is 3.56. The van der Waals surface area contributed by atoms with Crippen LogP contribution in [0.4, 0.5) is 0 Å². The first kappa shape index (κ1) is 15.0. The van der Waals surface area contributed by atoms with E-state index in [2.05, 4.69) is 0 Å². The van der Waals surface area contributed by atoms with Crippen LogP contribution in [0.2, 0.25) is 0 Å². The number of methoxy groups -OCH3 is 1. The van der Waals surface area contributed by atoms with Gasteiger partial charge in [-0.3, -0.25) is 4.79 Å². The summed E-state index contributed by atoms with van der Waals surface area (Å²) in [5, 5.41) is 0. The van der Waals surface area contributed by atoms with E-state index in [1.807, 2.05) is 0 Å². The van der Waals surface area contributed by atoms with Crippen LogP contribution in [0.5, 0.6) is 11.5 Å². The van der Waals surface area contributed by atoms with Gasteiger partial charge in [0.05, 0.1) is 19.3 Å². The number of hydrogen-bond donors (Lipinski definition) is 0. The van der Waals surface area contributed by atoms with Crippen LogP contribution < -0.4 is 9.47 Å². The molecule has 0 N–H and O–H groups in total. The number of carbonyl (C=O) groups excluding carboxylic acids is 2. The Balaban J connectivity index is 2.87. The highest BCUT2D eigenvalue weighted by Crippen LogP contribution is 2.25. The zero-order chi connectivity index (χ0) is 14.3. The van der Waals surface area contributed by atoms with Crippen LogP contribution in [0.1, 0.15) is 30.6 Å². The van der Waals surface area contributed by atoms with Crippen LogP contribution in [-0.2, 0) is 9.53 Å². The summed E-state index contributed by atoms with van der Waals surface area (Å²) in [7, 11) is 1.52. The average Bonchev–Trinajstić information content (AvgIpc) is 2.44. The highest BCUT2D eigenvalue weighted by atomic mass is 16.6. The normalized spacial score (nSPS) is 9.84. The van der Waals surface area contributed by atoms with Gasteiger partial charge in [0.25, 0.3) is 0 Å². The molecule has 0 atom stereocenters. The third-order valence-corrected chi connectivity index (χ3v) is 2.46. The fourth-order valence-electron chi connectivity index (χ4n) is 1.51. The second-order valence-electron chi connectivity index (χ2n) is 3.73. The first-order valence-corrected chi connectivity index (χ1v) is 6.12. The van der Waals surface area contributed by atoms with Crippen LogP contribution >= 0.6 is 0 Å². The smallest absolute Gasteiger partial charge is 0.344 e. The van der Waals surface area contributed by atoms with Crippen molar-refractivity contribution in [2.45, 2.75) is 20.3 Å². The summed E-state index contributed by atoms with van der Waals surface area (Å²) in [6.07, 6.45) is 0.350. The van der Waals surface area contributed by atoms with E-state index in [-0.39, 0.29) is 12.4 Å². The Kier molecular flexibility index (Phi) is 5.85. The van der Waals surface area contributed by atoms with E-state index in [0.29, 0.717) is 30.1 Å². The minimum atomic E-state index is -0.465. The molecule has 104 valence electrons. The fraction of sp³-hybridized carbons (Fsp3) is 0.429. The van der Waals surface area contributed by atoms with E-state index < -0.39 is 5.97 Å². The largest absolute Gasteiger partial charge is 0.497 e. The van der Waals surface area contributed by atoms with Gasteiger partial charge in [-0.2, -0.15) is 0 Å². The van der Waals surface area contributed by atoms with Crippen LogP contribution in [0.25, 0.3) is 0 Å². The standard InChI is InChI=1S/C14H18O5/c1-4-12(15)11-8-10(17-3)6-7-13(11)19-9-14(16)18-5-2/h6-8H,4-5,9H2,1-3H3. The molecular weight excluding hydrogens is 248 g/mol. The van der Waals surface area contributed by atoms with Gasteiger partial charge in [0.2, 0.25) is 0 Å². The number of ether oxygens (including phenoxy) is 3. The molecule has 0 amide bonds. The highest BCUT2D eigenvalue weighted by Gasteiger charge is 2.14. The molecule has 0 spiro atoms. The molecule has 0 saturated carbocycles. The molecule has 5 heteroatoms. The Bertz CT molecular complexity index is 453. The van der Waals surface area contributed by atoms with E-state index in [4.69, 9.17) is 14.2 Å². The number of Topliss-reactive ketones (excluding diaryl/α,β-unsaturated/α-hetero) is 1. The van der Waals surface area contributed by atoms with Gasteiger partial charge in [0.1, 0.15) is 11.5 Å². The monoisotopic (exact) mass is 266 g/mol. The van der Waals surface area contributed by atoms with Gasteiger partial charge < -0.3 is 14.2 Å². The van der Waals surface area contributed by atoms with Crippen molar-refractivity contribution in [2.24, 2.45) is 0 Å². The maximum absolute atomic E-state index is 11.8. The number of carbonyl (C=O) groups is 2. The van der Waals surface area contributed by atoms with Crippen molar-refractivity contribution in [1.29, 1.82) is 0 Å². The lowest BCUT2D eigenvalue weighted by Gasteiger charge is -2.11. The minimum absolute atomic E-state index is 0.0715. The van der Waals surface area contributed by atoms with E-state index in [9.17, 15) is 9.59 Å². The highest BCUT2D eigenvalue weighted by molar-refractivity contribution is 5.99. The minimum Gasteiger partial charge on any atom is -0.497 e. The van der Waals surface area contributed by atoms with Gasteiger partial charge in [0.15, 0.2) is 12.4 Å². The number of benzene rings is 1. The van der Waals surface area contributed by atoms with Crippen molar-refractivity contribution in [1.82, 2.24) is 0 Å². The quantitative estimate of drug-likeness (QED) is 0.559. The van der Waals surface area contributed by atoms with Crippen molar-refractivity contribution >= 4 is 11.8 Å². The van der Waals surface area contributed by atoms with Gasteiger partial charge >= 0.3 is 5.97 Å². The molecule has 0 bridgehead atoms. The molecule has 0 radical (unpaired) electrons. The van der Waals surface area contributed by atoms with Crippen molar-refractivity contribution in [3.05, 3.63) is 23.8 Å². The predicted octanol–water partition coefficient (Wildman–Crippen LogP) is 2.23. The van der Waals surface area contributed by atoms with Crippen molar-refractivity contribution in [2.75, 3.05) is 20.3 Å². The summed E-state index contributed by atoms with van der Waals surface area (Å²) in [6, 6.07) is 4.89. The van der Waals surface area contributed by atoms with E-state index in [1.165, 1.54) is 7.11 Å². The number of esters is 1. The Morgan fingerprint density at radius 2 is 1.95 bits per heavy atom. The molecule has 19 heavy (non-hydrogen) atoms. The molecule has 0 saturated heterocycles. The molecule has 0 aliphatic rings. The summed E-state index contributed by atoms with van der Waals surface area (Å²) >= 11 is 0. The third kappa shape index (κ3) is 4.28. The topological polar surface area (TPSA) is 61.8 Å². The second-order valence-corrected chi connectivity index (χ2v) is 3.73. The SMILES string of the molecule is CCOC(=O)COc1ccc(OC)cc1C(=O)CC. The van der Waals surface area contributed by atoms with Gasteiger partial charge in [0, 0.05) is 6.42 Å². The van der Waals surface area contributed by atoms with Gasteiger partial charge in [-0.1, -0.05) is 6.92 Å². The van der Waals surface area contributed by atoms with E-state index in [0.717, 1.165) is 0 Å². The molecule has 5 nitrogen and oxygen atoms in total. The van der Waals surface area contributed by atoms with Gasteiger partial charge in [-0.25, -0.2) is 4.79 Å². The Hall–Kier alpha value is -2.04. The predicted molar refractivity (Wildman–Crippen MR) is 69.7 cm³/mol. The summed E-state index contributed by atoms with van der Waals surface area (Å²) in [5.41, 5.74) is 0.408. The Morgan fingerprint density at radius 3 is 2.53 bits per heavy atom. The first-order chi connectivity index (χ1) is 9.12. The van der Waals surface area contributed by atoms with Gasteiger partial charge in [-0.05, 0) is 25.1 Å². The van der Waals surface area contributed by atoms with Crippen LogP contribution in [0, 0.1) is 0 Å². The lowest BCUT2D eigenvalue weighted by Crippen LogP contribution is -2.16. The lowest BCUT2D eigenvalue weighted by atomic mass is 10.1. The van der Waals surface area contributed by atoms with Crippen LogP contribution in [0.3, 0.4) is 0 Å². The zero-order valence-electron chi connectivity index (χ0n) is 11.4. The van der Waals surface area contributed by atoms with Crippen molar-refractivity contribution < 1.29 is 23.8 Å². The summed E-state index contributed by atoms with van der Waals surface area (Å²) < 4.78 is 15.2. The fourth-order valence-corrected chi connectivity index (χ4v) is 1.51. The van der Waals surface area contributed by atoms with Crippen LogP contribution in [-0.4, -0.2) is 32.1 Å². The first-order valence-electron chi connectivity index (χ1n) is 6.12. The molecule has 0 fully saturated rings. The third-order valence-electron chi connectivity index (χ3n) is 2.46. The number of rotatable bonds is 7. The number of ketones is 1. The van der Waals surface area contributed by atoms with Crippen molar-refractivity contribution in [3.8, 4) is 11.5 Å². The second kappa shape index (κ2) is 7.41. The van der Waals surface area contributed by atoms with Crippen LogP contribution in [0.15, 0.2) is 18.2 Å². The lowest BCUT2D eigenvalue weighted by molar-refractivity contribution is -0.145. The summed E-state index contributed by atoms with van der Waals surface area (Å²) in [4.78, 5) is 23.1. The maximum atomic E-state index is 11.8. The molecular formula is C14H18O5. The Labute approximate surface area is 112 Å². The maximum Gasteiger partial charge on any atom is 0.344 e. The zero-order valence-corrected chi connectivity index (χ0v) is 11.4.